The van der Waals surface area contributed by atoms with Gasteiger partial charge in [-0.3, -0.25) is 4.90 Å². The second kappa shape index (κ2) is 8.62. The van der Waals surface area contributed by atoms with Crippen LogP contribution >= 0.6 is 34.9 Å². The van der Waals surface area contributed by atoms with Crippen LogP contribution in [0.3, 0.4) is 0 Å². The second-order valence-electron chi connectivity index (χ2n) is 6.76. The number of hydrogen-bond donors (Lipinski definition) is 1. The number of hydrogen-bond acceptors (Lipinski definition) is 8. The van der Waals surface area contributed by atoms with Crippen LogP contribution in [0.15, 0.2) is 46.0 Å². The van der Waals surface area contributed by atoms with Crippen LogP contribution in [-0.2, 0) is 16.7 Å². The van der Waals surface area contributed by atoms with E-state index in [1.165, 1.54) is 28.2 Å². The fourth-order valence-electron chi connectivity index (χ4n) is 3.13. The van der Waals surface area contributed by atoms with Crippen LogP contribution in [0, 0.1) is 10.9 Å². The van der Waals surface area contributed by atoms with Gasteiger partial charge in [0.15, 0.2) is 3.95 Å². The van der Waals surface area contributed by atoms with E-state index in [1.54, 1.807) is 26.5 Å². The van der Waals surface area contributed by atoms with E-state index < -0.39 is 10.0 Å². The molecule has 1 N–H and O–H groups in total. The monoisotopic (exact) mass is 467 g/mol. The van der Waals surface area contributed by atoms with Gasteiger partial charge in [0, 0.05) is 31.9 Å². The quantitative estimate of drug-likeness (QED) is 0.557. The summed E-state index contributed by atoms with van der Waals surface area (Å²) in [6.45, 7) is 4.81. The van der Waals surface area contributed by atoms with Crippen LogP contribution in [0.2, 0.25) is 0 Å². The van der Waals surface area contributed by atoms with Gasteiger partial charge in [0.25, 0.3) is 10.0 Å². The van der Waals surface area contributed by atoms with Gasteiger partial charge in [-0.05, 0) is 48.3 Å². The zero-order valence-corrected chi connectivity index (χ0v) is 19.1. The lowest BCUT2D eigenvalue weighted by Crippen LogP contribution is -2.48. The summed E-state index contributed by atoms with van der Waals surface area (Å²) in [5.74, 6) is 0. The average Bonchev–Trinajstić information content (AvgIpc) is 3.33. The van der Waals surface area contributed by atoms with Crippen molar-refractivity contribution in [2.45, 2.75) is 17.8 Å². The van der Waals surface area contributed by atoms with Crippen molar-refractivity contribution in [1.82, 2.24) is 19.0 Å². The lowest BCUT2D eigenvalue weighted by molar-refractivity contribution is 0.145. The summed E-state index contributed by atoms with van der Waals surface area (Å²) < 4.78 is 29.7. The summed E-state index contributed by atoms with van der Waals surface area (Å²) in [7, 11) is -3.38. The molecule has 154 valence electrons. The SMILES string of the molecule is Cc1cccc(Nc2nn(CN3CCN(S(=O)(=O)c4cccs4)CC3)c(=S)s2)c1. The third kappa shape index (κ3) is 4.76. The minimum atomic E-state index is -3.38. The number of anilines is 2. The van der Waals surface area contributed by atoms with Crippen molar-refractivity contribution in [2.75, 3.05) is 31.5 Å². The van der Waals surface area contributed by atoms with Crippen LogP contribution in [0.4, 0.5) is 10.8 Å². The number of aromatic nitrogens is 2. The van der Waals surface area contributed by atoms with Gasteiger partial charge in [-0.1, -0.05) is 29.5 Å². The topological polar surface area (TPSA) is 70.5 Å². The van der Waals surface area contributed by atoms with E-state index in [4.69, 9.17) is 12.2 Å². The number of thiophene rings is 1. The lowest BCUT2D eigenvalue weighted by atomic mass is 10.2. The maximum atomic E-state index is 12.6. The highest BCUT2D eigenvalue weighted by Gasteiger charge is 2.29. The molecular formula is C18H21N5O2S4. The van der Waals surface area contributed by atoms with Crippen LogP contribution in [0.1, 0.15) is 5.56 Å². The molecule has 0 radical (unpaired) electrons. The molecular weight excluding hydrogens is 446 g/mol. The molecule has 0 unspecified atom stereocenters. The highest BCUT2D eigenvalue weighted by molar-refractivity contribution is 7.91. The minimum absolute atomic E-state index is 0.402. The summed E-state index contributed by atoms with van der Waals surface area (Å²) in [4.78, 5) is 2.17. The largest absolute Gasteiger partial charge is 0.330 e. The van der Waals surface area contributed by atoms with Crippen LogP contribution in [0.25, 0.3) is 0 Å². The van der Waals surface area contributed by atoms with Crippen molar-refractivity contribution in [2.24, 2.45) is 0 Å². The van der Waals surface area contributed by atoms with Crippen molar-refractivity contribution < 1.29 is 8.42 Å². The van der Waals surface area contributed by atoms with Gasteiger partial charge in [-0.15, -0.1) is 16.4 Å². The molecule has 4 rings (SSSR count). The molecule has 1 aliphatic rings. The van der Waals surface area contributed by atoms with Gasteiger partial charge in [-0.25, -0.2) is 13.1 Å². The Bertz CT molecular complexity index is 1130. The Kier molecular flexibility index (Phi) is 6.13. The maximum absolute atomic E-state index is 12.6. The number of piperazine rings is 1. The number of nitrogens with one attached hydrogen (secondary N) is 1. The lowest BCUT2D eigenvalue weighted by Gasteiger charge is -2.33. The standard InChI is InChI=1S/C18H21N5O2S4/c1-14-4-2-5-15(12-14)19-17-20-23(18(26)28-17)13-21-7-9-22(10-8-21)29(24,25)16-6-3-11-27-16/h2-6,11-12H,7-10,13H2,1H3,(H,19,20). The molecule has 11 heteroatoms. The van der Waals surface area contributed by atoms with E-state index in [2.05, 4.69) is 21.4 Å². The molecule has 1 fully saturated rings. The van der Waals surface area contributed by atoms with Gasteiger partial charge < -0.3 is 5.32 Å². The normalized spacial score (nSPS) is 16.2. The van der Waals surface area contributed by atoms with Crippen LogP contribution in [-0.4, -0.2) is 53.6 Å². The molecule has 0 amide bonds. The van der Waals surface area contributed by atoms with Crippen molar-refractivity contribution >= 4 is 55.7 Å². The van der Waals surface area contributed by atoms with E-state index in [0.717, 1.165) is 10.8 Å². The predicted octanol–water partition coefficient (Wildman–Crippen LogP) is 3.75. The Morgan fingerprint density at radius 3 is 2.66 bits per heavy atom. The van der Waals surface area contributed by atoms with Gasteiger partial charge >= 0.3 is 0 Å². The zero-order chi connectivity index (χ0) is 20.4. The molecule has 0 spiro atoms. The molecule has 0 saturated carbocycles. The predicted molar refractivity (Wildman–Crippen MR) is 120 cm³/mol. The first-order valence-electron chi connectivity index (χ1n) is 9.09. The van der Waals surface area contributed by atoms with E-state index >= 15 is 0 Å². The second-order valence-corrected chi connectivity index (χ2v) is 11.5. The number of benzene rings is 1. The first-order chi connectivity index (χ1) is 13.9. The Morgan fingerprint density at radius 2 is 1.97 bits per heavy atom. The Balaban J connectivity index is 1.37. The Labute approximate surface area is 183 Å². The molecule has 0 bridgehead atoms. The summed E-state index contributed by atoms with van der Waals surface area (Å²) in [6.07, 6.45) is 0. The zero-order valence-electron chi connectivity index (χ0n) is 15.8. The van der Waals surface area contributed by atoms with Crippen molar-refractivity contribution in [3.8, 4) is 0 Å². The summed E-state index contributed by atoms with van der Waals surface area (Å²) in [5.41, 5.74) is 2.15. The molecule has 2 aromatic heterocycles. The van der Waals surface area contributed by atoms with Crippen LogP contribution in [0.5, 0.6) is 0 Å². The van der Waals surface area contributed by atoms with Crippen molar-refractivity contribution in [3.05, 3.63) is 51.3 Å². The van der Waals surface area contributed by atoms with Gasteiger partial charge in [-0.2, -0.15) is 4.31 Å². The smallest absolute Gasteiger partial charge is 0.252 e. The van der Waals surface area contributed by atoms with E-state index in [0.29, 0.717) is 41.0 Å². The Hall–Kier alpha value is -1.63. The van der Waals surface area contributed by atoms with E-state index in [9.17, 15) is 8.42 Å². The first kappa shape index (κ1) is 20.6. The van der Waals surface area contributed by atoms with Gasteiger partial charge in [0.05, 0.1) is 6.67 Å². The molecule has 1 aromatic carbocycles. The maximum Gasteiger partial charge on any atom is 0.252 e. The van der Waals surface area contributed by atoms with Crippen LogP contribution < -0.4 is 5.32 Å². The number of sulfonamides is 1. The highest BCUT2D eigenvalue weighted by Crippen LogP contribution is 2.23. The van der Waals surface area contributed by atoms with Crippen molar-refractivity contribution in [1.29, 1.82) is 0 Å². The summed E-state index contributed by atoms with van der Waals surface area (Å²) in [5, 5.41) is 10.4. The molecule has 0 atom stereocenters. The van der Waals surface area contributed by atoms with Gasteiger partial charge in [0.2, 0.25) is 5.13 Å². The fraction of sp³-hybridized carbons (Fsp3) is 0.333. The van der Waals surface area contributed by atoms with E-state index in [1.807, 2.05) is 25.1 Å². The molecule has 0 aliphatic carbocycles. The molecule has 3 heterocycles. The minimum Gasteiger partial charge on any atom is -0.330 e. The number of nitrogens with zero attached hydrogens (tertiary/aromatic N) is 4. The molecule has 7 nitrogen and oxygen atoms in total. The Morgan fingerprint density at radius 1 is 1.17 bits per heavy atom. The van der Waals surface area contributed by atoms with Gasteiger partial charge in [0.1, 0.15) is 4.21 Å². The third-order valence-electron chi connectivity index (χ3n) is 4.63. The summed E-state index contributed by atoms with van der Waals surface area (Å²) in [6, 6.07) is 11.5. The highest BCUT2D eigenvalue weighted by atomic mass is 32.2. The third-order valence-corrected chi connectivity index (χ3v) is 9.12. The van der Waals surface area contributed by atoms with E-state index in [-0.39, 0.29) is 0 Å². The number of rotatable bonds is 6. The first-order valence-corrected chi connectivity index (χ1v) is 12.6. The van der Waals surface area contributed by atoms with Crippen molar-refractivity contribution in [3.63, 3.8) is 0 Å². The number of aryl methyl sites for hydroxylation is 1. The summed E-state index contributed by atoms with van der Waals surface area (Å²) >= 11 is 8.15. The fourth-order valence-corrected chi connectivity index (χ4v) is 6.71. The molecule has 1 aliphatic heterocycles. The molecule has 29 heavy (non-hydrogen) atoms. The molecule has 3 aromatic rings. The average molecular weight is 468 g/mol. The molecule has 1 saturated heterocycles.